The van der Waals surface area contributed by atoms with E-state index in [4.69, 9.17) is 10.5 Å². The summed E-state index contributed by atoms with van der Waals surface area (Å²) in [4.78, 5) is 11.7. The zero-order valence-corrected chi connectivity index (χ0v) is 13.1. The Morgan fingerprint density at radius 3 is 2.48 bits per heavy atom. The summed E-state index contributed by atoms with van der Waals surface area (Å²) in [5, 5.41) is 2.85. The van der Waals surface area contributed by atoms with Gasteiger partial charge in [0.25, 0.3) is 0 Å². The Labute approximate surface area is 128 Å². The quantitative estimate of drug-likeness (QED) is 0.614. The van der Waals surface area contributed by atoms with Crippen molar-refractivity contribution in [3.05, 3.63) is 29.8 Å². The van der Waals surface area contributed by atoms with Gasteiger partial charge in [-0.1, -0.05) is 44.7 Å². The van der Waals surface area contributed by atoms with E-state index >= 15 is 0 Å². The third-order valence-electron chi connectivity index (χ3n) is 3.34. The molecule has 0 fully saturated rings. The molecule has 1 aromatic rings. The molecular formula is C17H28N2O2. The molecule has 0 saturated carbocycles. The molecule has 1 amide bonds. The molecule has 4 heteroatoms. The number of ether oxygens (including phenoxy) is 1. The third-order valence-corrected chi connectivity index (χ3v) is 3.34. The molecular weight excluding hydrogens is 264 g/mol. The number of hydrogen-bond donors (Lipinski definition) is 2. The van der Waals surface area contributed by atoms with E-state index in [9.17, 15) is 4.79 Å². The second-order valence-corrected chi connectivity index (χ2v) is 5.23. The molecule has 0 aromatic heterocycles. The van der Waals surface area contributed by atoms with Crippen LogP contribution in [0.4, 0.5) is 5.69 Å². The third kappa shape index (κ3) is 8.48. The van der Waals surface area contributed by atoms with Gasteiger partial charge in [0.2, 0.25) is 5.91 Å². The Kier molecular flexibility index (Phi) is 9.49. The van der Waals surface area contributed by atoms with Crippen molar-refractivity contribution < 1.29 is 9.53 Å². The molecule has 21 heavy (non-hydrogen) atoms. The Morgan fingerprint density at radius 2 is 1.81 bits per heavy atom. The van der Waals surface area contributed by atoms with E-state index in [1.807, 2.05) is 24.3 Å². The average Bonchev–Trinajstić information content (AvgIpc) is 2.50. The zero-order valence-electron chi connectivity index (χ0n) is 13.1. The molecule has 118 valence electrons. The SMILES string of the molecule is CCCCCCCOCCC(=O)Nc1ccc(CN)cc1. The topological polar surface area (TPSA) is 64.3 Å². The van der Waals surface area contributed by atoms with Crippen LogP contribution in [0.15, 0.2) is 24.3 Å². The zero-order chi connectivity index (χ0) is 15.3. The second kappa shape index (κ2) is 11.3. The molecule has 0 unspecified atom stereocenters. The van der Waals surface area contributed by atoms with Gasteiger partial charge in [-0.2, -0.15) is 0 Å². The molecule has 0 bridgehead atoms. The number of amides is 1. The van der Waals surface area contributed by atoms with Crippen molar-refractivity contribution in [2.75, 3.05) is 18.5 Å². The van der Waals surface area contributed by atoms with E-state index in [1.165, 1.54) is 25.7 Å². The lowest BCUT2D eigenvalue weighted by atomic mass is 10.2. The highest BCUT2D eigenvalue weighted by molar-refractivity contribution is 5.90. The van der Waals surface area contributed by atoms with Crippen LogP contribution in [0.5, 0.6) is 0 Å². The van der Waals surface area contributed by atoms with Crippen LogP contribution in [0, 0.1) is 0 Å². The van der Waals surface area contributed by atoms with Crippen LogP contribution in [0.1, 0.15) is 51.0 Å². The summed E-state index contributed by atoms with van der Waals surface area (Å²) in [7, 11) is 0. The van der Waals surface area contributed by atoms with Crippen molar-refractivity contribution in [3.8, 4) is 0 Å². The standard InChI is InChI=1S/C17H28N2O2/c1-2-3-4-5-6-12-21-13-11-17(20)19-16-9-7-15(14-18)8-10-16/h7-10H,2-6,11-14,18H2,1H3,(H,19,20). The number of unbranched alkanes of at least 4 members (excludes halogenated alkanes) is 4. The first-order valence-electron chi connectivity index (χ1n) is 7.93. The number of carbonyl (C=O) groups excluding carboxylic acids is 1. The van der Waals surface area contributed by atoms with Crippen molar-refractivity contribution in [3.63, 3.8) is 0 Å². The van der Waals surface area contributed by atoms with Gasteiger partial charge in [-0.25, -0.2) is 0 Å². The summed E-state index contributed by atoms with van der Waals surface area (Å²) in [5.74, 6) is -0.0125. The Morgan fingerprint density at radius 1 is 1.10 bits per heavy atom. The molecule has 0 atom stereocenters. The van der Waals surface area contributed by atoms with Gasteiger partial charge in [0.15, 0.2) is 0 Å². The fourth-order valence-electron chi connectivity index (χ4n) is 2.02. The molecule has 4 nitrogen and oxygen atoms in total. The number of anilines is 1. The predicted molar refractivity (Wildman–Crippen MR) is 87.2 cm³/mol. The number of carbonyl (C=O) groups is 1. The normalized spacial score (nSPS) is 10.6. The summed E-state index contributed by atoms with van der Waals surface area (Å²) >= 11 is 0. The summed E-state index contributed by atoms with van der Waals surface area (Å²) < 4.78 is 5.48. The summed E-state index contributed by atoms with van der Waals surface area (Å²) in [6.45, 7) is 3.96. The van der Waals surface area contributed by atoms with Gasteiger partial charge in [-0.15, -0.1) is 0 Å². The first-order valence-corrected chi connectivity index (χ1v) is 7.93. The van der Waals surface area contributed by atoms with Gasteiger partial charge >= 0.3 is 0 Å². The van der Waals surface area contributed by atoms with Crippen molar-refractivity contribution in [1.29, 1.82) is 0 Å². The average molecular weight is 292 g/mol. The van der Waals surface area contributed by atoms with Gasteiger partial charge in [0.05, 0.1) is 13.0 Å². The minimum absolute atomic E-state index is 0.0125. The second-order valence-electron chi connectivity index (χ2n) is 5.23. The predicted octanol–water partition coefficient (Wildman–Crippen LogP) is 3.46. The van der Waals surface area contributed by atoms with Crippen LogP contribution in [0.25, 0.3) is 0 Å². The largest absolute Gasteiger partial charge is 0.381 e. The lowest BCUT2D eigenvalue weighted by Gasteiger charge is -2.07. The van der Waals surface area contributed by atoms with E-state index in [-0.39, 0.29) is 5.91 Å². The summed E-state index contributed by atoms with van der Waals surface area (Å²) in [6.07, 6.45) is 6.53. The van der Waals surface area contributed by atoms with E-state index < -0.39 is 0 Å². The minimum Gasteiger partial charge on any atom is -0.381 e. The molecule has 0 saturated heterocycles. The highest BCUT2D eigenvalue weighted by Crippen LogP contribution is 2.09. The minimum atomic E-state index is -0.0125. The van der Waals surface area contributed by atoms with Gasteiger partial charge in [-0.3, -0.25) is 4.79 Å². The molecule has 3 N–H and O–H groups in total. The molecule has 0 spiro atoms. The maximum absolute atomic E-state index is 11.7. The lowest BCUT2D eigenvalue weighted by molar-refractivity contribution is -0.117. The first-order chi connectivity index (χ1) is 10.3. The van der Waals surface area contributed by atoms with Crippen LogP contribution in [0.2, 0.25) is 0 Å². The maximum Gasteiger partial charge on any atom is 0.226 e. The van der Waals surface area contributed by atoms with E-state index in [0.717, 1.165) is 24.3 Å². The van der Waals surface area contributed by atoms with Crippen LogP contribution >= 0.6 is 0 Å². The van der Waals surface area contributed by atoms with Gasteiger partial charge < -0.3 is 15.8 Å². The van der Waals surface area contributed by atoms with E-state index in [0.29, 0.717) is 19.6 Å². The smallest absolute Gasteiger partial charge is 0.226 e. The number of rotatable bonds is 11. The molecule has 0 radical (unpaired) electrons. The summed E-state index contributed by atoms with van der Waals surface area (Å²) in [6, 6.07) is 7.58. The lowest BCUT2D eigenvalue weighted by Crippen LogP contribution is -2.14. The van der Waals surface area contributed by atoms with Crippen molar-refractivity contribution in [2.45, 2.75) is 52.0 Å². The van der Waals surface area contributed by atoms with Crippen LogP contribution in [0.3, 0.4) is 0 Å². The molecule has 0 aliphatic rings. The number of benzene rings is 1. The molecule has 1 aromatic carbocycles. The molecule has 0 aliphatic carbocycles. The fourth-order valence-corrected chi connectivity index (χ4v) is 2.02. The van der Waals surface area contributed by atoms with Crippen LogP contribution in [-0.4, -0.2) is 19.1 Å². The van der Waals surface area contributed by atoms with Crippen LogP contribution in [-0.2, 0) is 16.1 Å². The molecule has 1 rings (SSSR count). The Hall–Kier alpha value is -1.39. The van der Waals surface area contributed by atoms with Crippen molar-refractivity contribution in [2.24, 2.45) is 5.73 Å². The van der Waals surface area contributed by atoms with Gasteiger partial charge in [-0.05, 0) is 24.1 Å². The van der Waals surface area contributed by atoms with E-state index in [1.54, 1.807) is 0 Å². The number of nitrogens with two attached hydrogens (primary N) is 1. The monoisotopic (exact) mass is 292 g/mol. The van der Waals surface area contributed by atoms with Gasteiger partial charge in [0.1, 0.15) is 0 Å². The van der Waals surface area contributed by atoms with E-state index in [2.05, 4.69) is 12.2 Å². The van der Waals surface area contributed by atoms with Crippen molar-refractivity contribution in [1.82, 2.24) is 0 Å². The fraction of sp³-hybridized carbons (Fsp3) is 0.588. The van der Waals surface area contributed by atoms with Crippen LogP contribution < -0.4 is 11.1 Å². The highest BCUT2D eigenvalue weighted by Gasteiger charge is 2.02. The van der Waals surface area contributed by atoms with Crippen molar-refractivity contribution >= 4 is 11.6 Å². The molecule has 0 heterocycles. The highest BCUT2D eigenvalue weighted by atomic mass is 16.5. The Balaban J connectivity index is 2.05. The first kappa shape index (κ1) is 17.7. The number of hydrogen-bond acceptors (Lipinski definition) is 3. The number of nitrogens with one attached hydrogen (secondary N) is 1. The maximum atomic E-state index is 11.7. The summed E-state index contributed by atoms with van der Waals surface area (Å²) in [5.41, 5.74) is 7.39. The molecule has 0 aliphatic heterocycles. The van der Waals surface area contributed by atoms with Gasteiger partial charge in [0, 0.05) is 18.8 Å². The Bertz CT molecular complexity index is 390.